The number of allylic oxidation sites excluding steroid dienone is 1. The average molecular weight is 640 g/mol. The van der Waals surface area contributed by atoms with Gasteiger partial charge in [0.15, 0.2) is 6.10 Å². The summed E-state index contributed by atoms with van der Waals surface area (Å²) in [7, 11) is 0. The SMILES string of the molecule is CCO[C@@H](CC/C=C/C(=O)Nc1ccccc1N)[C@@H](OC(=O)Nc1ccc(C#N)cc1)c1cc(I)ccc1O. The average Bonchev–Trinajstić information content (AvgIpc) is 2.92. The smallest absolute Gasteiger partial charge is 0.412 e. The number of halogens is 1. The zero-order valence-corrected chi connectivity index (χ0v) is 23.4. The minimum absolute atomic E-state index is 0.0355. The van der Waals surface area contributed by atoms with Crippen LogP contribution in [-0.2, 0) is 14.3 Å². The lowest BCUT2D eigenvalue weighted by Gasteiger charge is -2.28. The lowest BCUT2D eigenvalue weighted by Crippen LogP contribution is -2.29. The summed E-state index contributed by atoms with van der Waals surface area (Å²) in [6.07, 6.45) is 1.62. The molecule has 39 heavy (non-hydrogen) atoms. The van der Waals surface area contributed by atoms with Crippen LogP contribution in [0.2, 0.25) is 0 Å². The number of ether oxygens (including phenoxy) is 2. The molecule has 3 rings (SSSR count). The largest absolute Gasteiger partial charge is 0.508 e. The topological polar surface area (TPSA) is 147 Å². The van der Waals surface area contributed by atoms with Crippen molar-refractivity contribution in [2.45, 2.75) is 32.0 Å². The molecule has 2 amide bonds. The van der Waals surface area contributed by atoms with Gasteiger partial charge in [0.1, 0.15) is 5.75 Å². The molecule has 3 aromatic carbocycles. The summed E-state index contributed by atoms with van der Waals surface area (Å²) in [4.78, 5) is 25.2. The van der Waals surface area contributed by atoms with Crippen molar-refractivity contribution in [3.63, 3.8) is 0 Å². The van der Waals surface area contributed by atoms with Gasteiger partial charge < -0.3 is 25.6 Å². The Hall–Kier alpha value is -4.08. The van der Waals surface area contributed by atoms with Crippen LogP contribution in [0.25, 0.3) is 0 Å². The van der Waals surface area contributed by atoms with Gasteiger partial charge in [-0.05, 0) is 103 Å². The normalized spacial score (nSPS) is 12.3. The first-order valence-electron chi connectivity index (χ1n) is 12.2. The van der Waals surface area contributed by atoms with Crippen LogP contribution < -0.4 is 16.4 Å². The molecule has 2 atom stereocenters. The Morgan fingerprint density at radius 2 is 1.87 bits per heavy atom. The standard InChI is InChI=1S/C29H29IN4O5/c1-2-38-26(9-5-6-10-27(36)34-24-8-4-3-7-23(24)32)28(22-17-20(30)13-16-25(22)35)39-29(37)33-21-14-11-19(18-31)12-15-21/h3-4,6-8,10-17,26,28,35H,2,5,9,32H2,1H3,(H,33,37)(H,34,36)/b10-6+/t26-,28-/m0/s1. The van der Waals surface area contributed by atoms with E-state index in [2.05, 4.69) is 33.2 Å². The van der Waals surface area contributed by atoms with Gasteiger partial charge >= 0.3 is 6.09 Å². The van der Waals surface area contributed by atoms with Crippen molar-refractivity contribution < 1.29 is 24.2 Å². The molecule has 0 aliphatic carbocycles. The van der Waals surface area contributed by atoms with Gasteiger partial charge in [0.2, 0.25) is 5.91 Å². The number of nitrogens with zero attached hydrogens (tertiary/aromatic N) is 1. The maximum Gasteiger partial charge on any atom is 0.412 e. The molecule has 0 spiro atoms. The number of nitrogens with one attached hydrogen (secondary N) is 2. The van der Waals surface area contributed by atoms with Crippen molar-refractivity contribution in [2.75, 3.05) is 23.0 Å². The van der Waals surface area contributed by atoms with E-state index in [0.717, 1.165) is 3.57 Å². The fourth-order valence-corrected chi connectivity index (χ4v) is 4.27. The number of rotatable bonds is 11. The van der Waals surface area contributed by atoms with E-state index in [1.165, 1.54) is 12.1 Å². The summed E-state index contributed by atoms with van der Waals surface area (Å²) in [5, 5.41) is 25.0. The third-order valence-electron chi connectivity index (χ3n) is 5.61. The molecule has 202 valence electrons. The number of phenols is 1. The zero-order valence-electron chi connectivity index (χ0n) is 21.3. The maximum atomic E-state index is 12.9. The van der Waals surface area contributed by atoms with Gasteiger partial charge in [-0.2, -0.15) is 5.26 Å². The number of aromatic hydroxyl groups is 1. The second-order valence-corrected chi connectivity index (χ2v) is 9.64. The van der Waals surface area contributed by atoms with Crippen LogP contribution in [0.1, 0.15) is 37.0 Å². The number of nitrogens with two attached hydrogens (primary N) is 1. The first-order valence-corrected chi connectivity index (χ1v) is 13.3. The van der Waals surface area contributed by atoms with Gasteiger partial charge in [0, 0.05) is 21.4 Å². The molecule has 0 saturated heterocycles. The number of para-hydroxylation sites is 2. The molecular weight excluding hydrogens is 611 g/mol. The van der Waals surface area contributed by atoms with Crippen LogP contribution in [0, 0.1) is 14.9 Å². The van der Waals surface area contributed by atoms with Crippen LogP contribution in [-0.4, -0.2) is 29.8 Å². The number of benzene rings is 3. The lowest BCUT2D eigenvalue weighted by molar-refractivity contribution is -0.111. The molecule has 0 unspecified atom stereocenters. The Morgan fingerprint density at radius 3 is 2.56 bits per heavy atom. The van der Waals surface area contributed by atoms with Gasteiger partial charge in [-0.15, -0.1) is 0 Å². The number of carbonyl (C=O) groups is 2. The molecule has 0 bridgehead atoms. The number of carbonyl (C=O) groups excluding carboxylic acids is 2. The molecule has 0 aliphatic rings. The lowest BCUT2D eigenvalue weighted by atomic mass is 9.99. The highest BCUT2D eigenvalue weighted by Gasteiger charge is 2.30. The fraction of sp³-hybridized carbons (Fsp3) is 0.207. The van der Waals surface area contributed by atoms with E-state index in [0.29, 0.717) is 47.6 Å². The number of phenolic OH excluding ortho intramolecular Hbond substituents is 1. The molecule has 9 nitrogen and oxygen atoms in total. The summed E-state index contributed by atoms with van der Waals surface area (Å²) >= 11 is 2.11. The summed E-state index contributed by atoms with van der Waals surface area (Å²) in [6.45, 7) is 2.16. The van der Waals surface area contributed by atoms with E-state index in [1.54, 1.807) is 66.7 Å². The summed E-state index contributed by atoms with van der Waals surface area (Å²) < 4.78 is 12.6. The number of anilines is 3. The Morgan fingerprint density at radius 1 is 1.13 bits per heavy atom. The van der Waals surface area contributed by atoms with Crippen molar-refractivity contribution in [3.05, 3.63) is 93.6 Å². The van der Waals surface area contributed by atoms with Gasteiger partial charge in [-0.25, -0.2) is 4.79 Å². The number of hydrogen-bond acceptors (Lipinski definition) is 7. The van der Waals surface area contributed by atoms with E-state index in [4.69, 9.17) is 20.5 Å². The van der Waals surface area contributed by atoms with Crippen LogP contribution in [0.15, 0.2) is 78.9 Å². The Balaban J connectivity index is 1.73. The van der Waals surface area contributed by atoms with E-state index in [-0.39, 0.29) is 11.7 Å². The first-order chi connectivity index (χ1) is 18.8. The third-order valence-corrected chi connectivity index (χ3v) is 6.29. The summed E-state index contributed by atoms with van der Waals surface area (Å²) in [5.41, 5.74) is 8.17. The van der Waals surface area contributed by atoms with Gasteiger partial charge in [-0.3, -0.25) is 10.1 Å². The van der Waals surface area contributed by atoms with Gasteiger partial charge in [0.05, 0.1) is 29.1 Å². The van der Waals surface area contributed by atoms with Crippen LogP contribution in [0.5, 0.6) is 5.75 Å². The van der Waals surface area contributed by atoms with E-state index >= 15 is 0 Å². The van der Waals surface area contributed by atoms with E-state index in [9.17, 15) is 14.7 Å². The molecular formula is C29H29IN4O5. The summed E-state index contributed by atoms with van der Waals surface area (Å²) in [5.74, 6) is -0.364. The molecule has 0 fully saturated rings. The van der Waals surface area contributed by atoms with Crippen LogP contribution in [0.3, 0.4) is 0 Å². The molecule has 0 aromatic heterocycles. The fourth-order valence-electron chi connectivity index (χ4n) is 3.76. The third kappa shape index (κ3) is 9.01. The Kier molecular flexibility index (Phi) is 11.1. The molecule has 5 N–H and O–H groups in total. The second kappa shape index (κ2) is 14.8. The molecule has 0 radical (unpaired) electrons. The predicted octanol–water partition coefficient (Wildman–Crippen LogP) is 6.12. The monoisotopic (exact) mass is 640 g/mol. The molecule has 0 heterocycles. The molecule has 0 aliphatic heterocycles. The zero-order chi connectivity index (χ0) is 28.2. The van der Waals surface area contributed by atoms with Crippen molar-refractivity contribution >= 4 is 51.7 Å². The Bertz CT molecular complexity index is 1350. The molecule has 0 saturated carbocycles. The highest BCUT2D eigenvalue weighted by Crippen LogP contribution is 2.34. The second-order valence-electron chi connectivity index (χ2n) is 8.39. The first kappa shape index (κ1) is 29.5. The molecule has 3 aromatic rings. The quantitative estimate of drug-likeness (QED) is 0.112. The number of nitriles is 1. The van der Waals surface area contributed by atoms with Gasteiger partial charge in [0.25, 0.3) is 0 Å². The molecule has 10 heteroatoms. The number of amides is 2. The maximum absolute atomic E-state index is 12.9. The highest BCUT2D eigenvalue weighted by atomic mass is 127. The van der Waals surface area contributed by atoms with Crippen molar-refractivity contribution in [1.82, 2.24) is 0 Å². The number of nitrogen functional groups attached to an aromatic ring is 1. The van der Waals surface area contributed by atoms with Crippen molar-refractivity contribution in [1.29, 1.82) is 5.26 Å². The van der Waals surface area contributed by atoms with Crippen LogP contribution in [0.4, 0.5) is 21.9 Å². The van der Waals surface area contributed by atoms with E-state index < -0.39 is 18.3 Å². The van der Waals surface area contributed by atoms with Crippen LogP contribution >= 0.6 is 22.6 Å². The number of hydrogen-bond donors (Lipinski definition) is 4. The van der Waals surface area contributed by atoms with Gasteiger partial charge in [-0.1, -0.05) is 18.2 Å². The van der Waals surface area contributed by atoms with Crippen molar-refractivity contribution in [3.8, 4) is 11.8 Å². The summed E-state index contributed by atoms with van der Waals surface area (Å²) in [6, 6.07) is 20.3. The van der Waals surface area contributed by atoms with E-state index in [1.807, 2.05) is 13.0 Å². The minimum Gasteiger partial charge on any atom is -0.508 e. The Labute approximate surface area is 240 Å². The van der Waals surface area contributed by atoms with Crippen molar-refractivity contribution in [2.24, 2.45) is 0 Å². The highest BCUT2D eigenvalue weighted by molar-refractivity contribution is 14.1. The minimum atomic E-state index is -0.940. The predicted molar refractivity (Wildman–Crippen MR) is 158 cm³/mol.